The van der Waals surface area contributed by atoms with Crippen LogP contribution in [0.25, 0.3) is 10.8 Å². The lowest BCUT2D eigenvalue weighted by atomic mass is 10.1. The molecule has 0 aliphatic rings. The summed E-state index contributed by atoms with van der Waals surface area (Å²) in [7, 11) is 1.71. The Morgan fingerprint density at radius 1 is 0.875 bits per heavy atom. The molecule has 0 radical (unpaired) electrons. The third-order valence-electron chi connectivity index (χ3n) is 4.00. The SMILES string of the molecule is CC(=O)N(C)c1ccc(NC(=O)c2ccc3ccccc3c2)cc1. The second kappa shape index (κ2) is 6.54. The Bertz CT molecular complexity index is 901. The molecular weight excluding hydrogens is 300 g/mol. The maximum absolute atomic E-state index is 12.4. The van der Waals surface area contributed by atoms with E-state index >= 15 is 0 Å². The monoisotopic (exact) mass is 318 g/mol. The highest BCUT2D eigenvalue weighted by Crippen LogP contribution is 2.19. The van der Waals surface area contributed by atoms with E-state index in [2.05, 4.69) is 5.32 Å². The van der Waals surface area contributed by atoms with Crippen LogP contribution in [0.5, 0.6) is 0 Å². The second-order valence-corrected chi connectivity index (χ2v) is 5.64. The van der Waals surface area contributed by atoms with E-state index in [1.807, 2.05) is 42.5 Å². The molecule has 3 aromatic carbocycles. The van der Waals surface area contributed by atoms with Crippen molar-refractivity contribution in [3.8, 4) is 0 Å². The molecule has 0 saturated heterocycles. The lowest BCUT2D eigenvalue weighted by molar-refractivity contribution is -0.116. The molecule has 0 fully saturated rings. The number of fused-ring (bicyclic) bond motifs is 1. The average Bonchev–Trinajstić information content (AvgIpc) is 2.61. The number of carbonyl (C=O) groups excluding carboxylic acids is 2. The predicted octanol–water partition coefficient (Wildman–Crippen LogP) is 4.07. The highest BCUT2D eigenvalue weighted by Gasteiger charge is 2.08. The first-order chi connectivity index (χ1) is 11.5. The summed E-state index contributed by atoms with van der Waals surface area (Å²) in [6.45, 7) is 1.51. The van der Waals surface area contributed by atoms with E-state index in [0.29, 0.717) is 11.3 Å². The van der Waals surface area contributed by atoms with Gasteiger partial charge in [-0.2, -0.15) is 0 Å². The zero-order valence-electron chi connectivity index (χ0n) is 13.6. The molecular formula is C20H18N2O2. The van der Waals surface area contributed by atoms with E-state index in [9.17, 15) is 9.59 Å². The van der Waals surface area contributed by atoms with E-state index in [4.69, 9.17) is 0 Å². The van der Waals surface area contributed by atoms with E-state index in [0.717, 1.165) is 16.5 Å². The molecule has 0 aliphatic carbocycles. The third-order valence-corrected chi connectivity index (χ3v) is 4.00. The van der Waals surface area contributed by atoms with Crippen LogP contribution >= 0.6 is 0 Å². The van der Waals surface area contributed by atoms with Crippen LogP contribution in [-0.4, -0.2) is 18.9 Å². The van der Waals surface area contributed by atoms with Gasteiger partial charge in [0.2, 0.25) is 5.91 Å². The van der Waals surface area contributed by atoms with Crippen molar-refractivity contribution in [1.29, 1.82) is 0 Å². The molecule has 0 aromatic heterocycles. The molecule has 120 valence electrons. The molecule has 4 nitrogen and oxygen atoms in total. The summed E-state index contributed by atoms with van der Waals surface area (Å²) in [5, 5.41) is 5.01. The van der Waals surface area contributed by atoms with Gasteiger partial charge in [0.05, 0.1) is 0 Å². The number of carbonyl (C=O) groups is 2. The Morgan fingerprint density at radius 2 is 1.54 bits per heavy atom. The molecule has 3 aromatic rings. The summed E-state index contributed by atoms with van der Waals surface area (Å²) >= 11 is 0. The van der Waals surface area contributed by atoms with Crippen LogP contribution in [0.2, 0.25) is 0 Å². The summed E-state index contributed by atoms with van der Waals surface area (Å²) in [6, 6.07) is 20.7. The van der Waals surface area contributed by atoms with Crippen LogP contribution in [0.4, 0.5) is 11.4 Å². The van der Waals surface area contributed by atoms with E-state index in [-0.39, 0.29) is 11.8 Å². The van der Waals surface area contributed by atoms with Gasteiger partial charge in [-0.05, 0) is 47.2 Å². The van der Waals surface area contributed by atoms with Gasteiger partial charge in [0.25, 0.3) is 5.91 Å². The zero-order valence-corrected chi connectivity index (χ0v) is 13.6. The molecule has 4 heteroatoms. The second-order valence-electron chi connectivity index (χ2n) is 5.64. The van der Waals surface area contributed by atoms with Crippen LogP contribution in [0, 0.1) is 0 Å². The fourth-order valence-corrected chi connectivity index (χ4v) is 2.48. The van der Waals surface area contributed by atoms with Crippen LogP contribution in [0.1, 0.15) is 17.3 Å². The summed E-state index contributed by atoms with van der Waals surface area (Å²) in [4.78, 5) is 25.3. The molecule has 0 heterocycles. The number of benzene rings is 3. The van der Waals surface area contributed by atoms with Gasteiger partial charge in [0.15, 0.2) is 0 Å². The highest BCUT2D eigenvalue weighted by atomic mass is 16.2. The first-order valence-corrected chi connectivity index (χ1v) is 7.69. The van der Waals surface area contributed by atoms with Gasteiger partial charge in [0, 0.05) is 30.9 Å². The van der Waals surface area contributed by atoms with Gasteiger partial charge in [0.1, 0.15) is 0 Å². The van der Waals surface area contributed by atoms with Crippen molar-refractivity contribution in [1.82, 2.24) is 0 Å². The summed E-state index contributed by atoms with van der Waals surface area (Å²) < 4.78 is 0. The topological polar surface area (TPSA) is 49.4 Å². The van der Waals surface area contributed by atoms with Gasteiger partial charge in [-0.25, -0.2) is 0 Å². The summed E-state index contributed by atoms with van der Waals surface area (Å²) in [5.74, 6) is -0.198. The minimum atomic E-state index is -0.159. The van der Waals surface area contributed by atoms with Crippen LogP contribution < -0.4 is 10.2 Å². The number of nitrogens with zero attached hydrogens (tertiary/aromatic N) is 1. The van der Waals surface area contributed by atoms with Crippen LogP contribution in [0.3, 0.4) is 0 Å². The third kappa shape index (κ3) is 3.27. The molecule has 3 rings (SSSR count). The normalized spacial score (nSPS) is 10.4. The fourth-order valence-electron chi connectivity index (χ4n) is 2.48. The molecule has 0 unspecified atom stereocenters. The Balaban J connectivity index is 1.77. The van der Waals surface area contributed by atoms with Crippen LogP contribution in [0.15, 0.2) is 66.7 Å². The molecule has 0 bridgehead atoms. The molecule has 0 saturated carbocycles. The smallest absolute Gasteiger partial charge is 0.255 e. The summed E-state index contributed by atoms with van der Waals surface area (Å²) in [6.07, 6.45) is 0. The Labute approximate surface area is 140 Å². The Kier molecular flexibility index (Phi) is 4.29. The number of hydrogen-bond acceptors (Lipinski definition) is 2. The highest BCUT2D eigenvalue weighted by molar-refractivity contribution is 6.06. The van der Waals surface area contributed by atoms with Gasteiger partial charge in [-0.15, -0.1) is 0 Å². The van der Waals surface area contributed by atoms with Crippen molar-refractivity contribution in [3.05, 3.63) is 72.3 Å². The number of amides is 2. The Hall–Kier alpha value is -3.14. The first-order valence-electron chi connectivity index (χ1n) is 7.69. The lowest BCUT2D eigenvalue weighted by Crippen LogP contribution is -2.22. The van der Waals surface area contributed by atoms with Crippen LogP contribution in [-0.2, 0) is 4.79 Å². The molecule has 2 amide bonds. The van der Waals surface area contributed by atoms with Crippen molar-refractivity contribution in [2.24, 2.45) is 0 Å². The number of nitrogens with one attached hydrogen (secondary N) is 1. The molecule has 1 N–H and O–H groups in total. The van der Waals surface area contributed by atoms with Crippen molar-refractivity contribution in [3.63, 3.8) is 0 Å². The molecule has 24 heavy (non-hydrogen) atoms. The quantitative estimate of drug-likeness (QED) is 0.791. The fraction of sp³-hybridized carbons (Fsp3) is 0.100. The number of rotatable bonds is 3. The van der Waals surface area contributed by atoms with Crippen molar-refractivity contribution < 1.29 is 9.59 Å². The predicted molar refractivity (Wildman–Crippen MR) is 97.4 cm³/mol. The Morgan fingerprint density at radius 3 is 2.21 bits per heavy atom. The van der Waals surface area contributed by atoms with E-state index < -0.39 is 0 Å². The maximum atomic E-state index is 12.4. The standard InChI is InChI=1S/C20H18N2O2/c1-14(23)22(2)19-11-9-18(10-12-19)21-20(24)17-8-7-15-5-3-4-6-16(15)13-17/h3-13H,1-2H3,(H,21,24). The minimum Gasteiger partial charge on any atom is -0.322 e. The van der Waals surface area contributed by atoms with Gasteiger partial charge in [-0.3, -0.25) is 9.59 Å². The lowest BCUT2D eigenvalue weighted by Gasteiger charge is -2.15. The maximum Gasteiger partial charge on any atom is 0.255 e. The molecule has 0 atom stereocenters. The van der Waals surface area contributed by atoms with Gasteiger partial charge < -0.3 is 10.2 Å². The van der Waals surface area contributed by atoms with Crippen molar-refractivity contribution >= 4 is 34.0 Å². The number of anilines is 2. The zero-order chi connectivity index (χ0) is 17.1. The van der Waals surface area contributed by atoms with Crippen molar-refractivity contribution in [2.45, 2.75) is 6.92 Å². The molecule has 0 spiro atoms. The van der Waals surface area contributed by atoms with E-state index in [1.165, 1.54) is 6.92 Å². The van der Waals surface area contributed by atoms with Gasteiger partial charge >= 0.3 is 0 Å². The summed E-state index contributed by atoms with van der Waals surface area (Å²) in [5.41, 5.74) is 2.08. The minimum absolute atomic E-state index is 0.0389. The largest absolute Gasteiger partial charge is 0.322 e. The van der Waals surface area contributed by atoms with Gasteiger partial charge in [-0.1, -0.05) is 30.3 Å². The molecule has 0 aliphatic heterocycles. The first kappa shape index (κ1) is 15.7. The average molecular weight is 318 g/mol. The van der Waals surface area contributed by atoms with E-state index in [1.54, 1.807) is 36.2 Å². The number of hydrogen-bond donors (Lipinski definition) is 1. The van der Waals surface area contributed by atoms with Crippen molar-refractivity contribution in [2.75, 3.05) is 17.3 Å².